The number of likely N-dealkylation sites (tertiary alicyclic amines) is 1. The first-order valence-electron chi connectivity index (χ1n) is 7.66. The van der Waals surface area contributed by atoms with Crippen molar-refractivity contribution in [3.8, 4) is 0 Å². The third-order valence-corrected chi connectivity index (χ3v) is 4.85. The maximum Gasteiger partial charge on any atom is 0.254 e. The van der Waals surface area contributed by atoms with Crippen LogP contribution >= 0.6 is 23.2 Å². The summed E-state index contributed by atoms with van der Waals surface area (Å²) in [4.78, 5) is 18.6. The Hall–Kier alpha value is -1.58. The van der Waals surface area contributed by atoms with Gasteiger partial charge in [0.1, 0.15) is 10.3 Å². The number of rotatable bonds is 2. The summed E-state index contributed by atoms with van der Waals surface area (Å²) in [5, 5.41) is 0.479. The Morgan fingerprint density at radius 2 is 1.83 bits per heavy atom. The lowest BCUT2D eigenvalue weighted by Gasteiger charge is -2.41. The molecule has 0 bridgehead atoms. The molecule has 3 nitrogen and oxygen atoms in total. The van der Waals surface area contributed by atoms with E-state index in [4.69, 9.17) is 23.2 Å². The molecule has 0 saturated carbocycles. The second-order valence-corrected chi connectivity index (χ2v) is 7.03. The molecule has 2 aromatic rings. The standard InChI is InChI=1S/C18H18Cl2N2O/c1-18(14-6-3-2-4-7-14)8-5-9-22(12-18)17(23)13-10-15(19)21-16(20)11-13/h2-4,6-7,10-11H,5,8-9,12H2,1H3. The van der Waals surface area contributed by atoms with E-state index in [1.807, 2.05) is 23.1 Å². The van der Waals surface area contributed by atoms with Gasteiger partial charge in [0.15, 0.2) is 0 Å². The fraction of sp³-hybridized carbons (Fsp3) is 0.333. The molecular formula is C18H18Cl2N2O. The molecule has 1 saturated heterocycles. The Kier molecular flexibility index (Phi) is 4.60. The quantitative estimate of drug-likeness (QED) is 0.744. The van der Waals surface area contributed by atoms with Crippen molar-refractivity contribution < 1.29 is 4.79 Å². The van der Waals surface area contributed by atoms with Crippen LogP contribution in [0.25, 0.3) is 0 Å². The van der Waals surface area contributed by atoms with Crippen LogP contribution in [0.2, 0.25) is 10.3 Å². The fourth-order valence-corrected chi connectivity index (χ4v) is 3.72. The molecule has 1 atom stereocenters. The number of amides is 1. The molecular weight excluding hydrogens is 331 g/mol. The number of nitrogens with zero attached hydrogens (tertiary/aromatic N) is 2. The van der Waals surface area contributed by atoms with Crippen molar-refractivity contribution in [2.24, 2.45) is 0 Å². The number of hydrogen-bond donors (Lipinski definition) is 0. The van der Waals surface area contributed by atoms with Gasteiger partial charge in [0.2, 0.25) is 0 Å². The lowest BCUT2D eigenvalue weighted by molar-refractivity contribution is 0.0651. The number of aromatic nitrogens is 1. The Bertz CT molecular complexity index is 700. The van der Waals surface area contributed by atoms with E-state index >= 15 is 0 Å². The molecule has 23 heavy (non-hydrogen) atoms. The van der Waals surface area contributed by atoms with Gasteiger partial charge in [0.25, 0.3) is 5.91 Å². The number of hydrogen-bond acceptors (Lipinski definition) is 2. The molecule has 2 heterocycles. The molecule has 1 aromatic heterocycles. The third kappa shape index (κ3) is 3.51. The highest BCUT2D eigenvalue weighted by atomic mass is 35.5. The summed E-state index contributed by atoms with van der Waals surface area (Å²) in [5.41, 5.74) is 1.73. The van der Waals surface area contributed by atoms with E-state index in [9.17, 15) is 4.79 Å². The van der Waals surface area contributed by atoms with Gasteiger partial charge in [-0.1, -0.05) is 60.5 Å². The van der Waals surface area contributed by atoms with Gasteiger partial charge in [-0.2, -0.15) is 0 Å². The first-order valence-corrected chi connectivity index (χ1v) is 8.41. The molecule has 0 radical (unpaired) electrons. The number of benzene rings is 1. The minimum absolute atomic E-state index is 0.0320. The molecule has 1 fully saturated rings. The van der Waals surface area contributed by atoms with E-state index in [0.717, 1.165) is 19.4 Å². The SMILES string of the molecule is CC1(c2ccccc2)CCCN(C(=O)c2cc(Cl)nc(Cl)c2)C1. The molecule has 1 aromatic carbocycles. The number of pyridine rings is 1. The third-order valence-electron chi connectivity index (χ3n) is 4.46. The van der Waals surface area contributed by atoms with Crippen LogP contribution in [-0.4, -0.2) is 28.9 Å². The highest BCUT2D eigenvalue weighted by molar-refractivity contribution is 6.33. The molecule has 0 spiro atoms. The van der Waals surface area contributed by atoms with E-state index in [2.05, 4.69) is 24.0 Å². The van der Waals surface area contributed by atoms with Crippen LogP contribution in [0, 0.1) is 0 Å². The average molecular weight is 349 g/mol. The van der Waals surface area contributed by atoms with Crippen molar-refractivity contribution in [1.82, 2.24) is 9.88 Å². The summed E-state index contributed by atoms with van der Waals surface area (Å²) in [7, 11) is 0. The molecule has 0 N–H and O–H groups in total. The van der Waals surface area contributed by atoms with Gasteiger partial charge < -0.3 is 4.90 Å². The second-order valence-electron chi connectivity index (χ2n) is 6.26. The van der Waals surface area contributed by atoms with Crippen LogP contribution < -0.4 is 0 Å². The number of halogens is 2. The van der Waals surface area contributed by atoms with E-state index in [1.54, 1.807) is 12.1 Å². The monoisotopic (exact) mass is 348 g/mol. The predicted molar refractivity (Wildman–Crippen MR) is 93.2 cm³/mol. The van der Waals surface area contributed by atoms with Gasteiger partial charge >= 0.3 is 0 Å². The zero-order valence-corrected chi connectivity index (χ0v) is 14.4. The number of piperidine rings is 1. The molecule has 5 heteroatoms. The summed E-state index contributed by atoms with van der Waals surface area (Å²) in [6, 6.07) is 13.5. The van der Waals surface area contributed by atoms with Crippen LogP contribution in [0.3, 0.4) is 0 Å². The zero-order valence-electron chi connectivity index (χ0n) is 12.9. The molecule has 3 rings (SSSR count). The predicted octanol–water partition coefficient (Wildman–Crippen LogP) is 4.58. The van der Waals surface area contributed by atoms with Gasteiger partial charge in [0.05, 0.1) is 0 Å². The van der Waals surface area contributed by atoms with E-state index in [0.29, 0.717) is 12.1 Å². The molecule has 1 amide bonds. The Labute approximate surface area is 146 Å². The van der Waals surface area contributed by atoms with Gasteiger partial charge in [-0.3, -0.25) is 4.79 Å². The smallest absolute Gasteiger partial charge is 0.254 e. The van der Waals surface area contributed by atoms with Crippen molar-refractivity contribution in [2.75, 3.05) is 13.1 Å². The number of carbonyl (C=O) groups excluding carboxylic acids is 1. The molecule has 1 aliphatic rings. The van der Waals surface area contributed by atoms with Crippen LogP contribution in [0.4, 0.5) is 0 Å². The maximum absolute atomic E-state index is 12.8. The van der Waals surface area contributed by atoms with Gasteiger partial charge in [0, 0.05) is 24.1 Å². The van der Waals surface area contributed by atoms with Gasteiger partial charge in [-0.05, 0) is 30.5 Å². The first-order chi connectivity index (χ1) is 11.0. The van der Waals surface area contributed by atoms with Crippen molar-refractivity contribution in [3.05, 3.63) is 63.9 Å². The highest BCUT2D eigenvalue weighted by Gasteiger charge is 2.34. The van der Waals surface area contributed by atoms with Crippen LogP contribution in [0.5, 0.6) is 0 Å². The normalized spacial score (nSPS) is 21.3. The van der Waals surface area contributed by atoms with E-state index in [-0.39, 0.29) is 21.6 Å². The lowest BCUT2D eigenvalue weighted by atomic mass is 9.76. The van der Waals surface area contributed by atoms with Crippen molar-refractivity contribution in [2.45, 2.75) is 25.2 Å². The number of carbonyl (C=O) groups is 1. The Morgan fingerprint density at radius 3 is 2.48 bits per heavy atom. The summed E-state index contributed by atoms with van der Waals surface area (Å²) in [5.74, 6) is -0.0435. The molecule has 1 aliphatic heterocycles. The molecule has 1 unspecified atom stereocenters. The summed E-state index contributed by atoms with van der Waals surface area (Å²) in [6.45, 7) is 3.65. The Morgan fingerprint density at radius 1 is 1.17 bits per heavy atom. The Balaban J connectivity index is 1.85. The highest BCUT2D eigenvalue weighted by Crippen LogP contribution is 2.34. The molecule has 120 valence electrons. The summed E-state index contributed by atoms with van der Waals surface area (Å²) in [6.07, 6.45) is 2.04. The van der Waals surface area contributed by atoms with Gasteiger partial charge in [-0.25, -0.2) is 4.98 Å². The van der Waals surface area contributed by atoms with Gasteiger partial charge in [-0.15, -0.1) is 0 Å². The minimum Gasteiger partial charge on any atom is -0.338 e. The topological polar surface area (TPSA) is 33.2 Å². The van der Waals surface area contributed by atoms with Crippen molar-refractivity contribution in [1.29, 1.82) is 0 Å². The van der Waals surface area contributed by atoms with Crippen LogP contribution in [0.15, 0.2) is 42.5 Å². The van der Waals surface area contributed by atoms with Crippen LogP contribution in [0.1, 0.15) is 35.7 Å². The van der Waals surface area contributed by atoms with Crippen molar-refractivity contribution >= 4 is 29.1 Å². The van der Waals surface area contributed by atoms with Crippen LogP contribution in [-0.2, 0) is 5.41 Å². The first kappa shape index (κ1) is 16.3. The summed E-state index contributed by atoms with van der Waals surface area (Å²) < 4.78 is 0. The van der Waals surface area contributed by atoms with E-state index in [1.165, 1.54) is 5.56 Å². The largest absolute Gasteiger partial charge is 0.338 e. The zero-order chi connectivity index (χ0) is 16.4. The van der Waals surface area contributed by atoms with E-state index < -0.39 is 0 Å². The maximum atomic E-state index is 12.8. The second kappa shape index (κ2) is 6.50. The van der Waals surface area contributed by atoms with Crippen molar-refractivity contribution in [3.63, 3.8) is 0 Å². The summed E-state index contributed by atoms with van der Waals surface area (Å²) >= 11 is 11.8. The average Bonchev–Trinajstić information content (AvgIpc) is 2.54. The lowest BCUT2D eigenvalue weighted by Crippen LogP contribution is -2.47. The minimum atomic E-state index is -0.0435. The molecule has 0 aliphatic carbocycles. The fourth-order valence-electron chi connectivity index (χ4n) is 3.26.